The van der Waals surface area contributed by atoms with E-state index in [2.05, 4.69) is 0 Å². The van der Waals surface area contributed by atoms with E-state index in [1.54, 1.807) is 0 Å². The minimum Gasteiger partial charge on any atom is -0.456 e. The van der Waals surface area contributed by atoms with Crippen molar-refractivity contribution in [2.75, 3.05) is 6.61 Å². The summed E-state index contributed by atoms with van der Waals surface area (Å²) >= 11 is 6.59. The van der Waals surface area contributed by atoms with Gasteiger partial charge >= 0.3 is 5.97 Å². The molecule has 0 saturated carbocycles. The molecule has 0 bridgehead atoms. The minimum atomic E-state index is -0.920. The van der Waals surface area contributed by atoms with Crippen molar-refractivity contribution in [1.29, 1.82) is 0 Å². The number of carbonyl (C=O) groups is 1. The fraction of sp³-hybridized carbons (Fsp3) is 0.345. The average molecular weight is 511 g/mol. The van der Waals surface area contributed by atoms with Gasteiger partial charge in [0.25, 0.3) is 0 Å². The van der Waals surface area contributed by atoms with E-state index in [0.717, 1.165) is 16.7 Å². The molecule has 36 heavy (non-hydrogen) atoms. The van der Waals surface area contributed by atoms with E-state index < -0.39 is 35.9 Å². The van der Waals surface area contributed by atoms with Crippen molar-refractivity contribution in [2.45, 2.75) is 56.7 Å². The first-order valence-electron chi connectivity index (χ1n) is 12.0. The van der Waals surface area contributed by atoms with Gasteiger partial charge in [0.2, 0.25) is 0 Å². The number of halogens is 1. The van der Waals surface area contributed by atoms with E-state index in [0.29, 0.717) is 19.8 Å². The molecule has 6 nitrogen and oxygen atoms in total. The Hall–Kier alpha value is -2.74. The predicted octanol–water partition coefficient (Wildman–Crippen LogP) is 5.27. The summed E-state index contributed by atoms with van der Waals surface area (Å²) in [5, 5.41) is 0. The zero-order valence-electron chi connectivity index (χ0n) is 20.2. The van der Waals surface area contributed by atoms with Gasteiger partial charge in [-0.15, -0.1) is 0 Å². The molecule has 0 aromatic heterocycles. The number of rotatable bonds is 11. The Kier molecular flexibility index (Phi) is 9.90. The normalized spacial score (nSPS) is 23.8. The second kappa shape index (κ2) is 13.5. The number of alkyl halides is 1. The second-order valence-corrected chi connectivity index (χ2v) is 9.05. The molecule has 1 aliphatic rings. The number of benzene rings is 3. The van der Waals surface area contributed by atoms with Crippen LogP contribution in [0.3, 0.4) is 0 Å². The maximum Gasteiger partial charge on any atom is 0.303 e. The standard InChI is InChI=1S/C29H31ClO6/c1-21(31)35-28-27(34-19-24-15-9-4-10-16-24)26(33-18-23-13-7-3-8-14-23)25(36-29(28)30)20-32-17-22-11-5-2-6-12-22/h2-16,25-29H,17-20H2,1H3/t25?,26-,27+,28?,29-/m0/s1. The average Bonchev–Trinajstić information content (AvgIpc) is 2.90. The molecule has 0 spiro atoms. The van der Waals surface area contributed by atoms with E-state index >= 15 is 0 Å². The summed E-state index contributed by atoms with van der Waals surface area (Å²) in [5.74, 6) is -0.469. The van der Waals surface area contributed by atoms with Crippen LogP contribution in [0.15, 0.2) is 91.0 Å². The van der Waals surface area contributed by atoms with Crippen LogP contribution in [0.25, 0.3) is 0 Å². The molecule has 5 atom stereocenters. The Morgan fingerprint density at radius 2 is 1.19 bits per heavy atom. The molecular weight excluding hydrogens is 480 g/mol. The van der Waals surface area contributed by atoms with Crippen LogP contribution in [-0.4, -0.2) is 42.6 Å². The molecular formula is C29H31ClO6. The third kappa shape index (κ3) is 7.63. The van der Waals surface area contributed by atoms with E-state index in [9.17, 15) is 4.79 Å². The van der Waals surface area contributed by atoms with Crippen molar-refractivity contribution in [1.82, 2.24) is 0 Å². The third-order valence-electron chi connectivity index (χ3n) is 5.84. The lowest BCUT2D eigenvalue weighted by atomic mass is 9.99. The molecule has 0 N–H and O–H groups in total. The molecule has 0 radical (unpaired) electrons. The highest BCUT2D eigenvalue weighted by Crippen LogP contribution is 2.32. The molecule has 3 aromatic carbocycles. The number of carbonyl (C=O) groups excluding carboxylic acids is 1. The number of esters is 1. The van der Waals surface area contributed by atoms with Gasteiger partial charge in [0.1, 0.15) is 18.3 Å². The second-order valence-electron chi connectivity index (χ2n) is 8.62. The molecule has 3 aromatic rings. The molecule has 0 aliphatic carbocycles. The summed E-state index contributed by atoms with van der Waals surface area (Å²) < 4.78 is 30.3. The number of hydrogen-bond donors (Lipinski definition) is 0. The van der Waals surface area contributed by atoms with Crippen molar-refractivity contribution >= 4 is 17.6 Å². The van der Waals surface area contributed by atoms with E-state index in [1.165, 1.54) is 6.92 Å². The monoisotopic (exact) mass is 510 g/mol. The van der Waals surface area contributed by atoms with E-state index in [1.807, 2.05) is 91.0 Å². The SMILES string of the molecule is CC(=O)OC1[C@@H](Cl)OC(COCc2ccccc2)[C@H](OCc2ccccc2)[C@H]1OCc1ccccc1. The Morgan fingerprint density at radius 1 is 0.722 bits per heavy atom. The highest BCUT2D eigenvalue weighted by molar-refractivity contribution is 6.20. The van der Waals surface area contributed by atoms with Crippen LogP contribution in [0.2, 0.25) is 0 Å². The summed E-state index contributed by atoms with van der Waals surface area (Å²) in [6.07, 6.45) is -2.64. The van der Waals surface area contributed by atoms with Crippen molar-refractivity contribution in [3.63, 3.8) is 0 Å². The van der Waals surface area contributed by atoms with Gasteiger partial charge in [-0.1, -0.05) is 103 Å². The van der Waals surface area contributed by atoms with Gasteiger partial charge in [-0.25, -0.2) is 0 Å². The predicted molar refractivity (Wildman–Crippen MR) is 136 cm³/mol. The smallest absolute Gasteiger partial charge is 0.303 e. The van der Waals surface area contributed by atoms with Crippen LogP contribution in [0.1, 0.15) is 23.6 Å². The summed E-state index contributed by atoms with van der Waals surface area (Å²) in [6, 6.07) is 29.5. The minimum absolute atomic E-state index is 0.232. The molecule has 2 unspecified atom stereocenters. The topological polar surface area (TPSA) is 63.2 Å². The van der Waals surface area contributed by atoms with E-state index in [-0.39, 0.29) is 6.61 Å². The number of hydrogen-bond acceptors (Lipinski definition) is 6. The largest absolute Gasteiger partial charge is 0.456 e. The van der Waals surface area contributed by atoms with Crippen molar-refractivity contribution < 1.29 is 28.5 Å². The lowest BCUT2D eigenvalue weighted by Gasteiger charge is -2.43. The fourth-order valence-corrected chi connectivity index (χ4v) is 4.44. The lowest BCUT2D eigenvalue weighted by Crippen LogP contribution is -2.60. The molecule has 7 heteroatoms. The molecule has 190 valence electrons. The van der Waals surface area contributed by atoms with Crippen molar-refractivity contribution in [3.05, 3.63) is 108 Å². The summed E-state index contributed by atoms with van der Waals surface area (Å²) in [6.45, 7) is 2.62. The third-order valence-corrected chi connectivity index (χ3v) is 6.19. The van der Waals surface area contributed by atoms with Crippen molar-refractivity contribution in [2.24, 2.45) is 0 Å². The van der Waals surface area contributed by atoms with Gasteiger partial charge in [0.05, 0.1) is 26.4 Å². The Labute approximate surface area is 217 Å². The summed E-state index contributed by atoms with van der Waals surface area (Å²) in [4.78, 5) is 11.9. The molecule has 4 rings (SSSR count). The first kappa shape index (κ1) is 26.3. The van der Waals surface area contributed by atoms with Crippen LogP contribution in [0.4, 0.5) is 0 Å². The van der Waals surface area contributed by atoms with Gasteiger partial charge in [0, 0.05) is 6.92 Å². The number of ether oxygens (including phenoxy) is 5. The van der Waals surface area contributed by atoms with Crippen LogP contribution in [-0.2, 0) is 48.3 Å². The quantitative estimate of drug-likeness (QED) is 0.259. The van der Waals surface area contributed by atoms with Crippen LogP contribution < -0.4 is 0 Å². The van der Waals surface area contributed by atoms with Gasteiger partial charge in [0.15, 0.2) is 11.7 Å². The van der Waals surface area contributed by atoms with Gasteiger partial charge in [-0.3, -0.25) is 4.79 Å². The highest BCUT2D eigenvalue weighted by atomic mass is 35.5. The first-order chi connectivity index (χ1) is 17.6. The zero-order valence-corrected chi connectivity index (χ0v) is 21.0. The maximum atomic E-state index is 11.9. The van der Waals surface area contributed by atoms with Gasteiger partial charge < -0.3 is 23.7 Å². The van der Waals surface area contributed by atoms with Crippen LogP contribution in [0.5, 0.6) is 0 Å². The molecule has 1 fully saturated rings. The van der Waals surface area contributed by atoms with Gasteiger partial charge in [-0.05, 0) is 16.7 Å². The first-order valence-corrected chi connectivity index (χ1v) is 12.4. The Morgan fingerprint density at radius 3 is 1.69 bits per heavy atom. The molecule has 1 aliphatic heterocycles. The van der Waals surface area contributed by atoms with Crippen LogP contribution >= 0.6 is 11.6 Å². The fourth-order valence-electron chi connectivity index (χ4n) is 4.11. The summed E-state index contributed by atoms with van der Waals surface area (Å²) in [7, 11) is 0. The molecule has 0 amide bonds. The zero-order chi connectivity index (χ0) is 25.2. The van der Waals surface area contributed by atoms with Crippen molar-refractivity contribution in [3.8, 4) is 0 Å². The Balaban J connectivity index is 1.53. The highest BCUT2D eigenvalue weighted by Gasteiger charge is 2.49. The van der Waals surface area contributed by atoms with Gasteiger partial charge in [-0.2, -0.15) is 0 Å². The lowest BCUT2D eigenvalue weighted by molar-refractivity contribution is -0.250. The Bertz CT molecular complexity index is 1050. The summed E-state index contributed by atoms with van der Waals surface area (Å²) in [5.41, 5.74) is 2.11. The van der Waals surface area contributed by atoms with Crippen LogP contribution in [0, 0.1) is 0 Å². The maximum absolute atomic E-state index is 11.9. The molecule has 1 heterocycles. The van der Waals surface area contributed by atoms with E-state index in [4.69, 9.17) is 35.3 Å². The molecule has 1 saturated heterocycles.